The molecule has 0 fully saturated rings. The Morgan fingerprint density at radius 1 is 0.600 bits per heavy atom. The van der Waals surface area contributed by atoms with Gasteiger partial charge in [-0.25, -0.2) is 0 Å². The molecule has 3 heteroatoms. The Bertz CT molecular complexity index is 263. The van der Waals surface area contributed by atoms with Crippen LogP contribution in [0.2, 0.25) is 5.31 Å². The molecule has 2 nitrogen and oxygen atoms in total. The van der Waals surface area contributed by atoms with Gasteiger partial charge in [0.1, 0.15) is 0 Å². The first kappa shape index (κ1) is 25.0. The molecule has 0 heterocycles. The zero-order chi connectivity index (χ0) is 18.8. The standard InChI is InChI=1S/C22H47BO2/c1-5-6-7-8-9-10-11-12-13-14-15-16-17-18-19-20-21-25-23(24)22(2,3)4/h24H,5-21H2,1-4H3. The van der Waals surface area contributed by atoms with E-state index < -0.39 is 7.12 Å². The van der Waals surface area contributed by atoms with Crippen molar-refractivity contribution in [1.82, 2.24) is 0 Å². The van der Waals surface area contributed by atoms with Crippen molar-refractivity contribution in [3.05, 3.63) is 0 Å². The van der Waals surface area contributed by atoms with Gasteiger partial charge in [-0.15, -0.1) is 0 Å². The number of rotatable bonds is 18. The number of hydrogen-bond acceptors (Lipinski definition) is 2. The third kappa shape index (κ3) is 18.6. The fourth-order valence-corrected chi connectivity index (χ4v) is 3.10. The largest absolute Gasteiger partial charge is 0.459 e. The van der Waals surface area contributed by atoms with E-state index in [2.05, 4.69) is 6.92 Å². The average Bonchev–Trinajstić information content (AvgIpc) is 2.56. The Hall–Kier alpha value is -0.0151. The zero-order valence-corrected chi connectivity index (χ0v) is 18.0. The van der Waals surface area contributed by atoms with Gasteiger partial charge in [0.15, 0.2) is 0 Å². The monoisotopic (exact) mass is 354 g/mol. The highest BCUT2D eigenvalue weighted by molar-refractivity contribution is 6.46. The topological polar surface area (TPSA) is 29.5 Å². The van der Waals surface area contributed by atoms with E-state index in [1.54, 1.807) is 0 Å². The van der Waals surface area contributed by atoms with E-state index in [-0.39, 0.29) is 5.31 Å². The van der Waals surface area contributed by atoms with Crippen molar-refractivity contribution in [2.24, 2.45) is 0 Å². The summed E-state index contributed by atoms with van der Waals surface area (Å²) >= 11 is 0. The second kappa shape index (κ2) is 17.4. The fraction of sp³-hybridized carbons (Fsp3) is 1.00. The summed E-state index contributed by atoms with van der Waals surface area (Å²) in [5.41, 5.74) is 0. The lowest BCUT2D eigenvalue weighted by Gasteiger charge is -2.21. The van der Waals surface area contributed by atoms with Crippen LogP contribution in [0.15, 0.2) is 0 Å². The second-order valence-electron chi connectivity index (χ2n) is 8.89. The molecule has 0 amide bonds. The zero-order valence-electron chi connectivity index (χ0n) is 18.0. The van der Waals surface area contributed by atoms with Crippen LogP contribution in [-0.4, -0.2) is 18.7 Å². The smallest absolute Gasteiger partial charge is 0.427 e. The molecule has 0 unspecified atom stereocenters. The summed E-state index contributed by atoms with van der Waals surface area (Å²) in [6.45, 7) is 8.99. The van der Waals surface area contributed by atoms with Crippen molar-refractivity contribution in [2.75, 3.05) is 6.61 Å². The maximum absolute atomic E-state index is 9.79. The van der Waals surface area contributed by atoms with E-state index in [9.17, 15) is 5.02 Å². The van der Waals surface area contributed by atoms with Gasteiger partial charge >= 0.3 is 7.12 Å². The Labute approximate surface area is 159 Å². The van der Waals surface area contributed by atoms with E-state index in [1.807, 2.05) is 20.8 Å². The Balaban J connectivity index is 3.10. The molecule has 25 heavy (non-hydrogen) atoms. The number of unbranched alkanes of at least 4 members (excludes halogenated alkanes) is 15. The summed E-state index contributed by atoms with van der Waals surface area (Å²) in [4.78, 5) is 0. The van der Waals surface area contributed by atoms with Crippen molar-refractivity contribution in [1.29, 1.82) is 0 Å². The SMILES string of the molecule is CCCCCCCCCCCCCCCCCCOB(O)C(C)(C)C. The molecule has 0 atom stereocenters. The van der Waals surface area contributed by atoms with Crippen LogP contribution in [0, 0.1) is 0 Å². The summed E-state index contributed by atoms with van der Waals surface area (Å²) in [7, 11) is -0.635. The molecule has 0 saturated carbocycles. The average molecular weight is 354 g/mol. The van der Waals surface area contributed by atoms with Gasteiger partial charge in [-0.05, 0) is 11.7 Å². The quantitative estimate of drug-likeness (QED) is 0.203. The lowest BCUT2D eigenvalue weighted by atomic mass is 9.61. The highest BCUT2D eigenvalue weighted by atomic mass is 16.5. The molecule has 0 aromatic carbocycles. The van der Waals surface area contributed by atoms with Crippen LogP contribution in [0.3, 0.4) is 0 Å². The van der Waals surface area contributed by atoms with Gasteiger partial charge in [0.05, 0.1) is 0 Å². The Morgan fingerprint density at radius 3 is 1.24 bits per heavy atom. The van der Waals surface area contributed by atoms with Crippen LogP contribution in [0.25, 0.3) is 0 Å². The third-order valence-corrected chi connectivity index (χ3v) is 5.01. The normalized spacial score (nSPS) is 11.9. The van der Waals surface area contributed by atoms with Gasteiger partial charge in [0.25, 0.3) is 0 Å². The van der Waals surface area contributed by atoms with Gasteiger partial charge in [-0.3, -0.25) is 0 Å². The van der Waals surface area contributed by atoms with Gasteiger partial charge in [0.2, 0.25) is 0 Å². The molecule has 0 spiro atoms. The lowest BCUT2D eigenvalue weighted by molar-refractivity contribution is 0.230. The summed E-state index contributed by atoms with van der Waals surface area (Å²) in [6, 6.07) is 0. The van der Waals surface area contributed by atoms with Crippen molar-refractivity contribution in [3.63, 3.8) is 0 Å². The molecule has 0 rings (SSSR count). The Kier molecular flexibility index (Phi) is 17.4. The number of hydrogen-bond donors (Lipinski definition) is 1. The second-order valence-corrected chi connectivity index (χ2v) is 8.89. The minimum Gasteiger partial charge on any atom is -0.427 e. The maximum atomic E-state index is 9.79. The van der Waals surface area contributed by atoms with E-state index in [0.717, 1.165) is 6.42 Å². The molecule has 1 N–H and O–H groups in total. The highest BCUT2D eigenvalue weighted by Gasteiger charge is 2.29. The molecule has 0 aromatic rings. The van der Waals surface area contributed by atoms with Gasteiger partial charge in [0, 0.05) is 6.61 Å². The van der Waals surface area contributed by atoms with E-state index >= 15 is 0 Å². The molecule has 0 aromatic heterocycles. The van der Waals surface area contributed by atoms with Crippen LogP contribution in [0.1, 0.15) is 130 Å². The van der Waals surface area contributed by atoms with Crippen molar-refractivity contribution >= 4 is 7.12 Å². The van der Waals surface area contributed by atoms with Crippen molar-refractivity contribution in [3.8, 4) is 0 Å². The Morgan fingerprint density at radius 2 is 0.920 bits per heavy atom. The van der Waals surface area contributed by atoms with Crippen molar-refractivity contribution in [2.45, 2.75) is 136 Å². The summed E-state index contributed by atoms with van der Waals surface area (Å²) in [5, 5.41) is 9.62. The molecule has 0 bridgehead atoms. The predicted octanol–water partition coefficient (Wildman–Crippen LogP) is 7.55. The molecular weight excluding hydrogens is 307 g/mol. The molecule has 0 aliphatic carbocycles. The maximum Gasteiger partial charge on any atom is 0.459 e. The highest BCUT2D eigenvalue weighted by Crippen LogP contribution is 2.25. The molecular formula is C22H47BO2. The fourth-order valence-electron chi connectivity index (χ4n) is 3.10. The first-order chi connectivity index (χ1) is 12.0. The molecule has 0 aliphatic rings. The van der Waals surface area contributed by atoms with Crippen LogP contribution in [-0.2, 0) is 4.65 Å². The molecule has 0 aliphatic heterocycles. The first-order valence-electron chi connectivity index (χ1n) is 11.3. The predicted molar refractivity (Wildman–Crippen MR) is 113 cm³/mol. The molecule has 0 saturated heterocycles. The van der Waals surface area contributed by atoms with Crippen LogP contribution >= 0.6 is 0 Å². The lowest BCUT2D eigenvalue weighted by Crippen LogP contribution is -2.29. The van der Waals surface area contributed by atoms with Crippen LogP contribution in [0.4, 0.5) is 0 Å². The van der Waals surface area contributed by atoms with E-state index in [1.165, 1.54) is 96.3 Å². The minimum atomic E-state index is -0.635. The summed E-state index contributed by atoms with van der Waals surface area (Å²) < 4.78 is 5.48. The van der Waals surface area contributed by atoms with E-state index in [4.69, 9.17) is 4.65 Å². The molecule has 150 valence electrons. The van der Waals surface area contributed by atoms with Gasteiger partial charge in [-0.2, -0.15) is 0 Å². The summed E-state index contributed by atoms with van der Waals surface area (Å²) in [5.74, 6) is 0. The first-order valence-corrected chi connectivity index (χ1v) is 11.3. The van der Waals surface area contributed by atoms with E-state index in [0.29, 0.717) is 6.61 Å². The van der Waals surface area contributed by atoms with Crippen LogP contribution in [0.5, 0.6) is 0 Å². The third-order valence-electron chi connectivity index (χ3n) is 5.01. The summed E-state index contributed by atoms with van der Waals surface area (Å²) in [6.07, 6.45) is 22.1. The van der Waals surface area contributed by atoms with Gasteiger partial charge < -0.3 is 9.68 Å². The van der Waals surface area contributed by atoms with Crippen LogP contribution < -0.4 is 0 Å². The molecule has 0 radical (unpaired) electrons. The van der Waals surface area contributed by atoms with Crippen molar-refractivity contribution < 1.29 is 9.68 Å². The minimum absolute atomic E-state index is 0.172. The van der Waals surface area contributed by atoms with Gasteiger partial charge in [-0.1, -0.05) is 124 Å².